The molecule has 97 heavy (non-hydrogen) atoms. The van der Waals surface area contributed by atoms with Crippen molar-refractivity contribution in [2.75, 3.05) is 0 Å². The Hall–Kier alpha value is -3.64. The molecule has 0 spiro atoms. The predicted octanol–water partition coefficient (Wildman–Crippen LogP) is 24.6. The summed E-state index contributed by atoms with van der Waals surface area (Å²) in [6.07, 6.45) is 55.1. The average molecular weight is 1410 g/mol. The van der Waals surface area contributed by atoms with Crippen LogP contribution in [0.25, 0.3) is 32.3 Å². The van der Waals surface area contributed by atoms with Gasteiger partial charge in [0.25, 0.3) is 0 Å². The molecule has 0 saturated heterocycles. The van der Waals surface area contributed by atoms with Crippen LogP contribution < -0.4 is 0 Å². The van der Waals surface area contributed by atoms with Crippen LogP contribution >= 0.6 is 0 Å². The fourth-order valence-electron chi connectivity index (χ4n) is 14.2. The van der Waals surface area contributed by atoms with Crippen molar-refractivity contribution in [3.8, 4) is 0 Å². The summed E-state index contributed by atoms with van der Waals surface area (Å²) in [5.74, 6) is 0. The second-order valence-electron chi connectivity index (χ2n) is 27.8. The van der Waals surface area contributed by atoms with Crippen LogP contribution in [0.4, 0.5) is 0 Å². The van der Waals surface area contributed by atoms with E-state index >= 15 is 0 Å². The van der Waals surface area contributed by atoms with Crippen LogP contribution in [0.2, 0.25) is 0 Å². The van der Waals surface area contributed by atoms with Crippen molar-refractivity contribution in [1.82, 2.24) is 0 Å². The molecule has 0 aliphatic rings. The summed E-state index contributed by atoms with van der Waals surface area (Å²) >= 11 is 0. The predicted molar refractivity (Wildman–Crippen MR) is 412 cm³/mol. The molecule has 0 atom stereocenters. The van der Waals surface area contributed by atoms with Crippen molar-refractivity contribution < 1.29 is 38.9 Å². The summed E-state index contributed by atoms with van der Waals surface area (Å²) in [6, 6.07) is 28.8. The van der Waals surface area contributed by atoms with Crippen molar-refractivity contribution in [2.24, 2.45) is 0 Å². The fourth-order valence-corrected chi connectivity index (χ4v) is 17.2. The van der Waals surface area contributed by atoms with Gasteiger partial charge in [-0.1, -0.05) is 364 Å². The van der Waals surface area contributed by atoms with Gasteiger partial charge in [0, 0.05) is 0 Å². The Bertz CT molecular complexity index is 3070. The molecule has 540 valence electrons. The molecule has 6 aromatic carbocycles. The van der Waals surface area contributed by atoms with Crippen LogP contribution in [0.1, 0.15) is 345 Å². The first kappa shape index (κ1) is 87.6. The second-order valence-corrected chi connectivity index (χ2v) is 31.7. The molecule has 0 aliphatic heterocycles. The van der Waals surface area contributed by atoms with E-state index in [2.05, 4.69) is 59.7 Å². The van der Waals surface area contributed by atoms with Crippen molar-refractivity contribution in [3.05, 3.63) is 124 Å². The molecule has 0 aromatic heterocycles. The zero-order valence-corrected chi connectivity index (χ0v) is 65.2. The third kappa shape index (κ3) is 33.8. The monoisotopic (exact) mass is 1400 g/mol. The Morgan fingerprint density at radius 1 is 0.237 bits per heavy atom. The minimum Gasteiger partial charge on any atom is -0.744 e. The maximum atomic E-state index is 12.3. The summed E-state index contributed by atoms with van der Waals surface area (Å²) in [7, 11) is -13.6. The molecule has 0 amide bonds. The van der Waals surface area contributed by atoms with Crippen molar-refractivity contribution in [2.45, 2.75) is 364 Å². The summed E-state index contributed by atoms with van der Waals surface area (Å²) < 4.78 is 111. The van der Waals surface area contributed by atoms with E-state index in [9.17, 15) is 38.9 Å². The second kappa shape index (κ2) is 51.5. The maximum Gasteiger partial charge on any atom is 3.00 e. The zero-order chi connectivity index (χ0) is 69.7. The van der Waals surface area contributed by atoms with E-state index in [1.165, 1.54) is 193 Å². The number of fused-ring (bicyclic) bond motifs is 3. The molecule has 0 heterocycles. The van der Waals surface area contributed by atoms with Gasteiger partial charge in [0.05, 0.1) is 14.7 Å². The molecule has 9 nitrogen and oxygen atoms in total. The molecule has 6 rings (SSSR count). The van der Waals surface area contributed by atoms with Crippen LogP contribution in [0, 0.1) is 0 Å². The van der Waals surface area contributed by atoms with Crippen LogP contribution in [0.5, 0.6) is 0 Å². The van der Waals surface area contributed by atoms with Crippen molar-refractivity contribution >= 4 is 80.0 Å². The zero-order valence-electron chi connectivity index (χ0n) is 61.6. The minimum atomic E-state index is -4.53. The molecule has 0 fully saturated rings. The summed E-state index contributed by atoms with van der Waals surface area (Å²) in [5.41, 5.74) is 5.57. The third-order valence-corrected chi connectivity index (χ3v) is 22.5. The van der Waals surface area contributed by atoms with E-state index in [4.69, 9.17) is 0 Å². The first-order valence-corrected chi connectivity index (χ1v) is 43.2. The Morgan fingerprint density at radius 2 is 0.402 bits per heavy atom. The van der Waals surface area contributed by atoms with Gasteiger partial charge >= 0.3 is 17.4 Å². The smallest absolute Gasteiger partial charge is 0.744 e. The van der Waals surface area contributed by atoms with Gasteiger partial charge in [0.15, 0.2) is 0 Å². The van der Waals surface area contributed by atoms with Crippen LogP contribution in [0.15, 0.2) is 106 Å². The Labute approximate surface area is 603 Å². The topological polar surface area (TPSA) is 172 Å². The van der Waals surface area contributed by atoms with Crippen molar-refractivity contribution in [3.63, 3.8) is 0 Å². The summed E-state index contributed by atoms with van der Waals surface area (Å²) in [6.45, 7) is 13.3. The molecule has 13 heteroatoms. The standard InChI is InChI=1S/3C28H44O3S.Al/c3*1-3-5-7-9-11-13-15-19-24-23-25-20-17-18-22-27(25)28(32(29,30)31)26(24)21-16-14-12-10-8-6-4-2;/h3*17-18,20,22-23H,3-16,19,21H2,1-2H3,(H,29,30,31);/q;;;+3/p-3. The molecule has 0 saturated carbocycles. The van der Waals surface area contributed by atoms with Gasteiger partial charge < -0.3 is 13.7 Å². The van der Waals surface area contributed by atoms with Gasteiger partial charge in [0.2, 0.25) is 0 Å². The Balaban J connectivity index is 0.000000377. The molecular formula is C84H129AlO9S3. The number of hydrogen-bond donors (Lipinski definition) is 0. The summed E-state index contributed by atoms with van der Waals surface area (Å²) in [5, 5.41) is 4.35. The largest absolute Gasteiger partial charge is 3.00 e. The molecule has 0 N–H and O–H groups in total. The van der Waals surface area contributed by atoms with E-state index < -0.39 is 30.4 Å². The van der Waals surface area contributed by atoms with Crippen LogP contribution in [-0.2, 0) is 68.9 Å². The van der Waals surface area contributed by atoms with E-state index in [-0.39, 0.29) is 32.0 Å². The molecule has 0 unspecified atom stereocenters. The van der Waals surface area contributed by atoms with Gasteiger partial charge in [-0.3, -0.25) is 0 Å². The molecule has 0 radical (unpaired) electrons. The van der Waals surface area contributed by atoms with Crippen LogP contribution in [0.3, 0.4) is 0 Å². The molecule has 0 aliphatic carbocycles. The normalized spacial score (nSPS) is 11.8. The Kier molecular flexibility index (Phi) is 46.5. The van der Waals surface area contributed by atoms with Gasteiger partial charge in [-0.05, 0) is 143 Å². The van der Waals surface area contributed by atoms with Gasteiger partial charge in [-0.2, -0.15) is 0 Å². The van der Waals surface area contributed by atoms with Gasteiger partial charge in [-0.25, -0.2) is 25.3 Å². The number of unbranched alkanes of at least 4 members (excludes halogenated alkanes) is 36. The third-order valence-electron chi connectivity index (χ3n) is 19.6. The van der Waals surface area contributed by atoms with E-state index in [0.29, 0.717) is 35.4 Å². The number of rotatable bonds is 51. The Morgan fingerprint density at radius 3 is 0.588 bits per heavy atom. The number of hydrogen-bond acceptors (Lipinski definition) is 9. The molecule has 0 bridgehead atoms. The number of aryl methyl sites for hydroxylation is 3. The van der Waals surface area contributed by atoms with Gasteiger partial charge in [-0.15, -0.1) is 0 Å². The first-order chi connectivity index (χ1) is 46.5. The van der Waals surface area contributed by atoms with Crippen molar-refractivity contribution in [1.29, 1.82) is 0 Å². The maximum absolute atomic E-state index is 12.3. The quantitative estimate of drug-likeness (QED) is 0.0205. The van der Waals surface area contributed by atoms with E-state index in [1.807, 2.05) is 54.6 Å². The molecular weight excluding hydrogens is 1280 g/mol. The van der Waals surface area contributed by atoms with E-state index in [0.717, 1.165) is 146 Å². The minimum absolute atomic E-state index is 0. The molecule has 6 aromatic rings. The average Bonchev–Trinajstić information content (AvgIpc) is 0.785. The fraction of sp³-hybridized carbons (Fsp3) is 0.643. The van der Waals surface area contributed by atoms with Crippen LogP contribution in [-0.4, -0.2) is 56.3 Å². The van der Waals surface area contributed by atoms with E-state index in [1.54, 1.807) is 18.2 Å². The SMILES string of the molecule is CCCCCCCCCc1cc2ccccc2c(S(=O)(=O)[O-])c1CCCCCCCCC.CCCCCCCCCc1cc2ccccc2c(S(=O)(=O)[O-])c1CCCCCCCCC.CCCCCCCCCc1cc2ccccc2c(S(=O)(=O)[O-])c1CCCCCCCCC.[Al+3]. The first-order valence-electron chi connectivity index (χ1n) is 38.9. The summed E-state index contributed by atoms with van der Waals surface area (Å²) in [4.78, 5) is 0.124. The number of benzene rings is 6. The van der Waals surface area contributed by atoms with Gasteiger partial charge in [0.1, 0.15) is 30.4 Å².